The highest BCUT2D eigenvalue weighted by molar-refractivity contribution is 6.00. The Bertz CT molecular complexity index is 832. The first kappa shape index (κ1) is 21.0. The monoisotopic (exact) mass is 383 g/mol. The zero-order chi connectivity index (χ0) is 20.5. The summed E-state index contributed by atoms with van der Waals surface area (Å²) in [5.41, 5.74) is 6.04. The average Bonchev–Trinajstić information content (AvgIpc) is 2.66. The van der Waals surface area contributed by atoms with Crippen LogP contribution in [0.2, 0.25) is 0 Å². The normalized spacial score (nSPS) is 10.3. The molecule has 28 heavy (non-hydrogen) atoms. The molecule has 0 fully saturated rings. The number of para-hydroxylation sites is 1. The van der Waals surface area contributed by atoms with Crippen LogP contribution in [0, 0.1) is 5.92 Å². The summed E-state index contributed by atoms with van der Waals surface area (Å²) in [6.45, 7) is 6.11. The van der Waals surface area contributed by atoms with Gasteiger partial charge in [-0.15, -0.1) is 0 Å². The lowest BCUT2D eigenvalue weighted by Crippen LogP contribution is -2.41. The molecule has 7 heteroatoms. The van der Waals surface area contributed by atoms with Crippen LogP contribution < -0.4 is 20.9 Å². The molecular formula is C21H25N3O4. The molecule has 0 spiro atoms. The molecule has 0 atom stereocenters. The lowest BCUT2D eigenvalue weighted by Gasteiger charge is -2.13. The van der Waals surface area contributed by atoms with Crippen molar-refractivity contribution in [3.63, 3.8) is 0 Å². The summed E-state index contributed by atoms with van der Waals surface area (Å²) in [4.78, 5) is 35.6. The standard InChI is InChI=1S/C21H25N3O4/c1-14(2)12-13-28-19-7-5-4-6-18(19)21(27)24-23-20(26)16-8-10-17(11-9-16)22-15(3)25/h4-11,14H,12-13H2,1-3H3,(H,22,25)(H,23,26)(H,24,27). The van der Waals surface area contributed by atoms with Crippen molar-refractivity contribution < 1.29 is 19.1 Å². The molecular weight excluding hydrogens is 358 g/mol. The lowest BCUT2D eigenvalue weighted by atomic mass is 10.1. The van der Waals surface area contributed by atoms with Gasteiger partial charge >= 0.3 is 0 Å². The van der Waals surface area contributed by atoms with E-state index in [9.17, 15) is 14.4 Å². The highest BCUT2D eigenvalue weighted by Gasteiger charge is 2.14. The minimum Gasteiger partial charge on any atom is -0.493 e. The van der Waals surface area contributed by atoms with Gasteiger partial charge in [0.25, 0.3) is 11.8 Å². The number of ether oxygens (including phenoxy) is 1. The zero-order valence-electron chi connectivity index (χ0n) is 16.2. The van der Waals surface area contributed by atoms with Gasteiger partial charge in [0.05, 0.1) is 12.2 Å². The van der Waals surface area contributed by atoms with E-state index in [0.29, 0.717) is 35.1 Å². The molecule has 0 unspecified atom stereocenters. The van der Waals surface area contributed by atoms with Gasteiger partial charge in [0.15, 0.2) is 0 Å². The second-order valence-corrected chi connectivity index (χ2v) is 6.69. The molecule has 0 aromatic heterocycles. The third-order valence-corrected chi connectivity index (χ3v) is 3.84. The average molecular weight is 383 g/mol. The minimum atomic E-state index is -0.471. The van der Waals surface area contributed by atoms with E-state index in [0.717, 1.165) is 6.42 Å². The third kappa shape index (κ3) is 6.42. The maximum absolute atomic E-state index is 12.4. The van der Waals surface area contributed by atoms with Crippen LogP contribution >= 0.6 is 0 Å². The van der Waals surface area contributed by atoms with Crippen LogP contribution in [0.1, 0.15) is 47.9 Å². The summed E-state index contributed by atoms with van der Waals surface area (Å²) in [6, 6.07) is 13.2. The Morgan fingerprint density at radius 3 is 2.21 bits per heavy atom. The molecule has 0 saturated carbocycles. The second kappa shape index (κ2) is 10.1. The molecule has 2 aromatic rings. The largest absolute Gasteiger partial charge is 0.493 e. The van der Waals surface area contributed by atoms with Gasteiger partial charge in [0.2, 0.25) is 5.91 Å². The SMILES string of the molecule is CC(=O)Nc1ccc(C(=O)NNC(=O)c2ccccc2OCCC(C)C)cc1. The number of hydrogen-bond acceptors (Lipinski definition) is 4. The van der Waals surface area contributed by atoms with Gasteiger partial charge in [-0.05, 0) is 48.7 Å². The fourth-order valence-corrected chi connectivity index (χ4v) is 2.35. The van der Waals surface area contributed by atoms with Crippen LogP contribution in [0.4, 0.5) is 5.69 Å². The number of hydrazine groups is 1. The topological polar surface area (TPSA) is 96.5 Å². The fraction of sp³-hybridized carbons (Fsp3) is 0.286. The first-order chi connectivity index (χ1) is 13.4. The maximum Gasteiger partial charge on any atom is 0.273 e. The summed E-state index contributed by atoms with van der Waals surface area (Å²) < 4.78 is 5.70. The molecule has 0 saturated heterocycles. The van der Waals surface area contributed by atoms with E-state index in [1.807, 2.05) is 0 Å². The molecule has 148 valence electrons. The van der Waals surface area contributed by atoms with E-state index in [4.69, 9.17) is 4.74 Å². The van der Waals surface area contributed by atoms with Crippen molar-refractivity contribution in [2.75, 3.05) is 11.9 Å². The molecule has 3 amide bonds. The smallest absolute Gasteiger partial charge is 0.273 e. The Balaban J connectivity index is 1.94. The minimum absolute atomic E-state index is 0.196. The molecule has 0 aliphatic rings. The van der Waals surface area contributed by atoms with Crippen molar-refractivity contribution in [1.29, 1.82) is 0 Å². The fourth-order valence-electron chi connectivity index (χ4n) is 2.35. The molecule has 3 N–H and O–H groups in total. The van der Waals surface area contributed by atoms with Gasteiger partial charge in [-0.25, -0.2) is 0 Å². The molecule has 0 aliphatic carbocycles. The summed E-state index contributed by atoms with van der Waals surface area (Å²) >= 11 is 0. The van der Waals surface area contributed by atoms with Crippen molar-refractivity contribution in [1.82, 2.24) is 10.9 Å². The molecule has 0 radical (unpaired) electrons. The summed E-state index contributed by atoms with van der Waals surface area (Å²) in [5.74, 6) is -0.171. The van der Waals surface area contributed by atoms with Gasteiger partial charge < -0.3 is 10.1 Å². The van der Waals surface area contributed by atoms with Crippen molar-refractivity contribution in [2.24, 2.45) is 5.92 Å². The Morgan fingerprint density at radius 1 is 0.929 bits per heavy atom. The molecule has 0 bridgehead atoms. The number of benzene rings is 2. The van der Waals surface area contributed by atoms with E-state index < -0.39 is 11.8 Å². The molecule has 0 heterocycles. The van der Waals surface area contributed by atoms with Crippen molar-refractivity contribution in [3.8, 4) is 5.75 Å². The van der Waals surface area contributed by atoms with E-state index in [2.05, 4.69) is 30.0 Å². The van der Waals surface area contributed by atoms with Crippen LogP contribution in [0.5, 0.6) is 5.75 Å². The van der Waals surface area contributed by atoms with Crippen LogP contribution in [0.15, 0.2) is 48.5 Å². The number of hydrogen-bond donors (Lipinski definition) is 3. The molecule has 7 nitrogen and oxygen atoms in total. The van der Waals surface area contributed by atoms with E-state index in [1.165, 1.54) is 6.92 Å². The number of nitrogens with one attached hydrogen (secondary N) is 3. The van der Waals surface area contributed by atoms with Crippen LogP contribution in [-0.4, -0.2) is 24.3 Å². The Morgan fingerprint density at radius 2 is 1.57 bits per heavy atom. The summed E-state index contributed by atoms with van der Waals surface area (Å²) in [7, 11) is 0. The number of amides is 3. The predicted molar refractivity (Wildman–Crippen MR) is 107 cm³/mol. The second-order valence-electron chi connectivity index (χ2n) is 6.69. The van der Waals surface area contributed by atoms with Gasteiger partial charge in [-0.2, -0.15) is 0 Å². The number of carbonyl (C=O) groups is 3. The maximum atomic E-state index is 12.4. The van der Waals surface area contributed by atoms with Gasteiger partial charge in [0, 0.05) is 18.2 Å². The highest BCUT2D eigenvalue weighted by atomic mass is 16.5. The Hall–Kier alpha value is -3.35. The number of rotatable bonds is 7. The molecule has 0 aliphatic heterocycles. The quantitative estimate of drug-likeness (QED) is 0.640. The Labute approximate surface area is 164 Å². The van der Waals surface area contributed by atoms with Crippen molar-refractivity contribution in [2.45, 2.75) is 27.2 Å². The zero-order valence-corrected chi connectivity index (χ0v) is 16.2. The summed E-state index contributed by atoms with van der Waals surface area (Å²) in [5, 5.41) is 2.62. The predicted octanol–water partition coefficient (Wildman–Crippen LogP) is 3.14. The number of carbonyl (C=O) groups excluding carboxylic acids is 3. The van der Waals surface area contributed by atoms with Gasteiger partial charge in [0.1, 0.15) is 5.75 Å². The number of anilines is 1. The first-order valence-electron chi connectivity index (χ1n) is 9.07. The Kier molecular flexibility index (Phi) is 7.56. The molecule has 2 aromatic carbocycles. The van der Waals surface area contributed by atoms with Gasteiger partial charge in [-0.1, -0.05) is 26.0 Å². The lowest BCUT2D eigenvalue weighted by molar-refractivity contribution is -0.114. The highest BCUT2D eigenvalue weighted by Crippen LogP contribution is 2.18. The molecule has 2 rings (SSSR count). The van der Waals surface area contributed by atoms with E-state index >= 15 is 0 Å². The van der Waals surface area contributed by atoms with E-state index in [-0.39, 0.29) is 5.91 Å². The van der Waals surface area contributed by atoms with Crippen molar-refractivity contribution in [3.05, 3.63) is 59.7 Å². The third-order valence-electron chi connectivity index (χ3n) is 3.84. The van der Waals surface area contributed by atoms with Gasteiger partial charge in [-0.3, -0.25) is 25.2 Å². The first-order valence-corrected chi connectivity index (χ1v) is 9.07. The van der Waals surface area contributed by atoms with Crippen molar-refractivity contribution >= 4 is 23.4 Å². The van der Waals surface area contributed by atoms with Crippen LogP contribution in [-0.2, 0) is 4.79 Å². The van der Waals surface area contributed by atoms with E-state index in [1.54, 1.807) is 48.5 Å². The summed E-state index contributed by atoms with van der Waals surface area (Å²) in [6.07, 6.45) is 0.876. The van der Waals surface area contributed by atoms with Crippen LogP contribution in [0.3, 0.4) is 0 Å². The van der Waals surface area contributed by atoms with Crippen LogP contribution in [0.25, 0.3) is 0 Å².